The molecule has 0 saturated carbocycles. The van der Waals surface area contributed by atoms with Crippen LogP contribution in [-0.2, 0) is 92.8 Å². The Morgan fingerprint density at radius 2 is 0.429 bits per heavy atom. The zero-order valence-corrected chi connectivity index (χ0v) is 15.9. The molecular formula is H2Cd3O4. The van der Waals surface area contributed by atoms with E-state index in [9.17, 15) is 0 Å². The van der Waals surface area contributed by atoms with Crippen molar-refractivity contribution in [2.75, 3.05) is 0 Å². The van der Waals surface area contributed by atoms with Gasteiger partial charge < -0.3 is 21.9 Å². The van der Waals surface area contributed by atoms with Gasteiger partial charge in [0.15, 0.2) is 0 Å². The molecule has 0 fully saturated rings. The van der Waals surface area contributed by atoms with Gasteiger partial charge in [-0.3, -0.25) is 0 Å². The smallest absolute Gasteiger partial charge is 2.00 e. The van der Waals surface area contributed by atoms with Gasteiger partial charge in [-0.1, -0.05) is 0 Å². The Hall–Kier alpha value is 2.61. The summed E-state index contributed by atoms with van der Waals surface area (Å²) in [6, 6.07) is 0. The minimum atomic E-state index is 0. The monoisotopic (exact) mass is 408 g/mol. The molecule has 32 valence electrons. The topological polar surface area (TPSA) is 117 Å². The van der Waals surface area contributed by atoms with E-state index < -0.39 is 0 Å². The number of hydrogen-bond donors (Lipinski definition) is 0. The average molecular weight is 403 g/mol. The Morgan fingerprint density at radius 3 is 0.429 bits per heavy atom. The van der Waals surface area contributed by atoms with Crippen LogP contribution in [0.3, 0.4) is 0 Å². The fourth-order valence-corrected chi connectivity index (χ4v) is 0. The van der Waals surface area contributed by atoms with E-state index in [1.165, 1.54) is 0 Å². The number of hydrogen-bond acceptors (Lipinski definition) is 2. The Kier molecular flexibility index (Phi) is 1100. The van der Waals surface area contributed by atoms with Crippen LogP contribution in [0.1, 0.15) is 0 Å². The average Bonchev–Trinajstić information content (AvgIpc) is 0. The molecule has 0 heterocycles. The third-order valence-corrected chi connectivity index (χ3v) is 0. The maximum absolute atomic E-state index is 0. The number of rotatable bonds is 0. The minimum Gasteiger partial charge on any atom is -2.00 e. The molecule has 0 aromatic carbocycles. The van der Waals surface area contributed by atoms with Crippen LogP contribution in [0.4, 0.5) is 0 Å². The molecule has 0 bridgehead atoms. The first kappa shape index (κ1) is 105. The van der Waals surface area contributed by atoms with Crippen LogP contribution in [0.15, 0.2) is 0 Å². The van der Waals surface area contributed by atoms with E-state index in [4.69, 9.17) is 0 Å². The van der Waals surface area contributed by atoms with Crippen molar-refractivity contribution in [2.24, 2.45) is 0 Å². The van der Waals surface area contributed by atoms with Gasteiger partial charge in [-0.2, -0.15) is 0 Å². The van der Waals surface area contributed by atoms with Crippen LogP contribution in [0.5, 0.6) is 0 Å². The van der Waals surface area contributed by atoms with E-state index in [1.807, 2.05) is 0 Å². The third-order valence-electron chi connectivity index (χ3n) is 0. The largest absolute Gasteiger partial charge is 2.00 e. The van der Waals surface area contributed by atoms with Gasteiger partial charge in [-0.15, -0.1) is 0 Å². The van der Waals surface area contributed by atoms with Crippen LogP contribution >= 0.6 is 0 Å². The van der Waals surface area contributed by atoms with Crippen LogP contribution in [-0.4, -0.2) is 11.0 Å². The zero-order chi connectivity index (χ0) is 0. The zero-order valence-electron chi connectivity index (χ0n) is 3.83. The SMILES string of the molecule is [Cd+2].[Cd+2].[Cd+2].[O-2].[O-2].[OH-].[OH-]. The van der Waals surface area contributed by atoms with Crippen molar-refractivity contribution in [2.45, 2.75) is 0 Å². The first-order valence-corrected chi connectivity index (χ1v) is 0. The van der Waals surface area contributed by atoms with E-state index in [1.54, 1.807) is 0 Å². The summed E-state index contributed by atoms with van der Waals surface area (Å²) in [5, 5.41) is 0. The maximum atomic E-state index is 0. The molecule has 0 aromatic rings. The van der Waals surface area contributed by atoms with Gasteiger partial charge in [0.25, 0.3) is 0 Å². The second-order valence-electron chi connectivity index (χ2n) is 0. The summed E-state index contributed by atoms with van der Waals surface area (Å²) >= 11 is 0. The van der Waals surface area contributed by atoms with Crippen molar-refractivity contribution in [3.05, 3.63) is 0 Å². The predicted molar refractivity (Wildman–Crippen MR) is 5.24 cm³/mol. The van der Waals surface area contributed by atoms with E-state index in [-0.39, 0.29) is 104 Å². The summed E-state index contributed by atoms with van der Waals surface area (Å²) in [6.45, 7) is 0. The standard InChI is InChI=1S/3Cd.2H2O.2O/h;;;2*1H2;;/q3*+2;;;2*-2/p-2. The van der Waals surface area contributed by atoms with Crippen molar-refractivity contribution < 1.29 is 104 Å². The van der Waals surface area contributed by atoms with Gasteiger partial charge in [0, 0.05) is 0 Å². The molecule has 0 saturated heterocycles. The normalized spacial score (nSPS) is 0. The third kappa shape index (κ3) is 55.3. The summed E-state index contributed by atoms with van der Waals surface area (Å²) in [7, 11) is 0. The molecule has 7 heteroatoms. The molecule has 0 aliphatic rings. The van der Waals surface area contributed by atoms with Gasteiger partial charge in [0.1, 0.15) is 0 Å². The molecule has 7 heavy (non-hydrogen) atoms. The molecule has 0 aromatic heterocycles. The van der Waals surface area contributed by atoms with E-state index in [2.05, 4.69) is 0 Å². The van der Waals surface area contributed by atoms with Crippen LogP contribution in [0, 0.1) is 0 Å². The van der Waals surface area contributed by atoms with Crippen LogP contribution in [0.25, 0.3) is 0 Å². The van der Waals surface area contributed by atoms with Crippen molar-refractivity contribution in [1.29, 1.82) is 0 Å². The fraction of sp³-hybridized carbons (Fsp3) is 0. The van der Waals surface area contributed by atoms with Gasteiger partial charge in [0.2, 0.25) is 0 Å². The van der Waals surface area contributed by atoms with Crippen molar-refractivity contribution in [3.8, 4) is 0 Å². The summed E-state index contributed by atoms with van der Waals surface area (Å²) in [6.07, 6.45) is 0. The Bertz CT molecular complexity index is 6.90. The van der Waals surface area contributed by atoms with Gasteiger partial charge in [-0.25, -0.2) is 0 Å². The molecule has 0 unspecified atom stereocenters. The second-order valence-corrected chi connectivity index (χ2v) is 0. The quantitative estimate of drug-likeness (QED) is 0.503. The summed E-state index contributed by atoms with van der Waals surface area (Å²) in [5.74, 6) is 0. The molecular weight excluding hydrogens is 401 g/mol. The molecule has 0 amide bonds. The summed E-state index contributed by atoms with van der Waals surface area (Å²) in [4.78, 5) is 0. The fourth-order valence-electron chi connectivity index (χ4n) is 0. The Morgan fingerprint density at radius 1 is 0.429 bits per heavy atom. The molecule has 0 aliphatic heterocycles. The van der Waals surface area contributed by atoms with Crippen LogP contribution < -0.4 is 0 Å². The molecule has 0 radical (unpaired) electrons. The summed E-state index contributed by atoms with van der Waals surface area (Å²) in [5.41, 5.74) is 0. The van der Waals surface area contributed by atoms with E-state index in [0.717, 1.165) is 0 Å². The molecule has 0 atom stereocenters. The molecule has 0 spiro atoms. The van der Waals surface area contributed by atoms with Crippen molar-refractivity contribution >= 4 is 0 Å². The molecule has 0 aliphatic carbocycles. The summed E-state index contributed by atoms with van der Waals surface area (Å²) < 4.78 is 0. The molecule has 2 N–H and O–H groups in total. The minimum absolute atomic E-state index is 0. The van der Waals surface area contributed by atoms with E-state index >= 15 is 0 Å². The maximum Gasteiger partial charge on any atom is 2.00 e. The van der Waals surface area contributed by atoms with Gasteiger partial charge in [0.05, 0.1) is 0 Å². The van der Waals surface area contributed by atoms with Crippen LogP contribution in [0.2, 0.25) is 0 Å². The first-order valence-electron chi connectivity index (χ1n) is 0. The van der Waals surface area contributed by atoms with E-state index in [0.29, 0.717) is 0 Å². The molecule has 4 nitrogen and oxygen atoms in total. The first-order chi connectivity index (χ1) is 0. The second kappa shape index (κ2) is 73.3. The van der Waals surface area contributed by atoms with Gasteiger partial charge in [-0.05, 0) is 0 Å². The van der Waals surface area contributed by atoms with Crippen molar-refractivity contribution in [3.63, 3.8) is 0 Å². The Balaban J connectivity index is 0. The molecule has 0 rings (SSSR count). The van der Waals surface area contributed by atoms with Gasteiger partial charge >= 0.3 is 81.9 Å². The Labute approximate surface area is 102 Å². The van der Waals surface area contributed by atoms with Crippen molar-refractivity contribution in [1.82, 2.24) is 0 Å². The predicted octanol–water partition coefficient (Wildman–Crippen LogP) is -0.599.